The Balaban J connectivity index is 1.30. The van der Waals surface area contributed by atoms with Gasteiger partial charge >= 0.3 is 0 Å². The lowest BCUT2D eigenvalue weighted by Gasteiger charge is -2.14. The predicted molar refractivity (Wildman–Crippen MR) is 186 cm³/mol. The van der Waals surface area contributed by atoms with Crippen LogP contribution in [0.25, 0.3) is 17.2 Å². The average Bonchev–Trinajstić information content (AvgIpc) is 3.09. The second-order valence-corrected chi connectivity index (χ2v) is 11.7. The van der Waals surface area contributed by atoms with E-state index in [2.05, 4.69) is 16.0 Å². The van der Waals surface area contributed by atoms with Crippen molar-refractivity contribution in [3.63, 3.8) is 0 Å². The molecule has 230 valence electrons. The molecule has 3 N–H and O–H groups in total. The minimum atomic E-state index is -0.483. The quantitative estimate of drug-likeness (QED) is 0.102. The Kier molecular flexibility index (Phi) is 10.7. The van der Waals surface area contributed by atoms with Gasteiger partial charge in [-0.05, 0) is 84.3 Å². The number of rotatable bonds is 11. The van der Waals surface area contributed by atoms with Crippen LogP contribution < -0.4 is 20.7 Å². The minimum Gasteiger partial charge on any atom is -0.497 e. The lowest BCUT2D eigenvalue weighted by atomic mass is 10.0. The summed E-state index contributed by atoms with van der Waals surface area (Å²) >= 11 is 1.37. The summed E-state index contributed by atoms with van der Waals surface area (Å²) < 4.78 is 5.17. The fourth-order valence-corrected chi connectivity index (χ4v) is 5.46. The lowest BCUT2D eigenvalue weighted by molar-refractivity contribution is -0.115. The molecule has 5 rings (SSSR count). The van der Waals surface area contributed by atoms with Crippen molar-refractivity contribution >= 4 is 46.9 Å². The fourth-order valence-electron chi connectivity index (χ4n) is 4.53. The molecule has 8 heteroatoms. The van der Waals surface area contributed by atoms with Gasteiger partial charge in [0.2, 0.25) is 5.91 Å². The summed E-state index contributed by atoms with van der Waals surface area (Å²) in [5.41, 5.74) is 4.59. The maximum Gasteiger partial charge on any atom is 0.272 e. The zero-order valence-corrected chi connectivity index (χ0v) is 26.2. The van der Waals surface area contributed by atoms with E-state index < -0.39 is 17.1 Å². The van der Waals surface area contributed by atoms with E-state index in [1.54, 1.807) is 79.9 Å². The summed E-state index contributed by atoms with van der Waals surface area (Å²) in [5.74, 6) is -0.331. The second-order valence-electron chi connectivity index (χ2n) is 10.3. The molecule has 0 bridgehead atoms. The predicted octanol–water partition coefficient (Wildman–Crippen LogP) is 7.89. The van der Waals surface area contributed by atoms with Gasteiger partial charge in [-0.1, -0.05) is 78.9 Å². The zero-order chi connectivity index (χ0) is 32.3. The van der Waals surface area contributed by atoms with Gasteiger partial charge in [-0.15, -0.1) is 11.8 Å². The van der Waals surface area contributed by atoms with Crippen molar-refractivity contribution in [2.75, 3.05) is 17.7 Å². The lowest BCUT2D eigenvalue weighted by Crippen LogP contribution is -2.30. The van der Waals surface area contributed by atoms with Crippen LogP contribution in [-0.4, -0.2) is 30.1 Å². The Morgan fingerprint density at radius 3 is 2.02 bits per heavy atom. The van der Waals surface area contributed by atoms with E-state index in [9.17, 15) is 14.4 Å². The molecule has 46 heavy (non-hydrogen) atoms. The van der Waals surface area contributed by atoms with Gasteiger partial charge in [0.25, 0.3) is 11.8 Å². The number of amides is 3. The van der Waals surface area contributed by atoms with Crippen molar-refractivity contribution in [2.24, 2.45) is 0 Å². The number of anilines is 2. The largest absolute Gasteiger partial charge is 0.497 e. The Bertz CT molecular complexity index is 1820. The molecule has 0 saturated heterocycles. The molecule has 0 aliphatic carbocycles. The Morgan fingerprint density at radius 2 is 1.35 bits per heavy atom. The third-order valence-electron chi connectivity index (χ3n) is 6.99. The highest BCUT2D eigenvalue weighted by Crippen LogP contribution is 2.27. The SMILES string of the molecule is COc1ccc(NC(=O)C(C)Sc2cccc(NC(=O)/C(=C\c3ccc(-c4ccccc4)cc3)NC(=O)c3ccccc3)c2)cc1. The third kappa shape index (κ3) is 8.74. The maximum absolute atomic E-state index is 13.6. The molecule has 7 nitrogen and oxygen atoms in total. The summed E-state index contributed by atoms with van der Waals surface area (Å²) in [6.45, 7) is 1.82. The van der Waals surface area contributed by atoms with E-state index >= 15 is 0 Å². The molecule has 0 spiro atoms. The second kappa shape index (κ2) is 15.4. The molecule has 5 aromatic carbocycles. The van der Waals surface area contributed by atoms with E-state index in [4.69, 9.17) is 4.74 Å². The number of benzene rings is 5. The number of hydrogen-bond donors (Lipinski definition) is 3. The Morgan fingerprint density at radius 1 is 0.696 bits per heavy atom. The smallest absolute Gasteiger partial charge is 0.272 e. The van der Waals surface area contributed by atoms with Crippen molar-refractivity contribution < 1.29 is 19.1 Å². The van der Waals surface area contributed by atoms with Crippen molar-refractivity contribution in [2.45, 2.75) is 17.1 Å². The first kappa shape index (κ1) is 31.8. The molecule has 5 aromatic rings. The summed E-state index contributed by atoms with van der Waals surface area (Å²) in [4.78, 5) is 40.3. The van der Waals surface area contributed by atoms with Crippen LogP contribution >= 0.6 is 11.8 Å². The number of carbonyl (C=O) groups excluding carboxylic acids is 3. The number of carbonyl (C=O) groups is 3. The van der Waals surface area contributed by atoms with Crippen LogP contribution in [0.15, 0.2) is 144 Å². The molecule has 1 atom stereocenters. The number of methoxy groups -OCH3 is 1. The molecular formula is C38H33N3O4S. The molecule has 0 radical (unpaired) electrons. The molecule has 0 aliphatic rings. The molecule has 0 saturated carbocycles. The molecule has 0 fully saturated rings. The van der Waals surface area contributed by atoms with E-state index in [0.717, 1.165) is 21.6 Å². The van der Waals surface area contributed by atoms with Gasteiger partial charge in [0.15, 0.2) is 0 Å². The van der Waals surface area contributed by atoms with E-state index in [0.29, 0.717) is 22.7 Å². The highest BCUT2D eigenvalue weighted by Gasteiger charge is 2.17. The third-order valence-corrected chi connectivity index (χ3v) is 8.08. The van der Waals surface area contributed by atoms with Crippen LogP contribution in [0.1, 0.15) is 22.8 Å². The first-order valence-electron chi connectivity index (χ1n) is 14.6. The minimum absolute atomic E-state index is 0.0895. The van der Waals surface area contributed by atoms with Gasteiger partial charge in [-0.25, -0.2) is 0 Å². The van der Waals surface area contributed by atoms with Crippen molar-refractivity contribution in [3.05, 3.63) is 150 Å². The van der Waals surface area contributed by atoms with Crippen molar-refractivity contribution in [1.29, 1.82) is 0 Å². The summed E-state index contributed by atoms with van der Waals surface area (Å²) in [6.07, 6.45) is 1.65. The molecular weight excluding hydrogens is 595 g/mol. The molecule has 0 aliphatic heterocycles. The van der Waals surface area contributed by atoms with Crippen LogP contribution in [0, 0.1) is 0 Å². The van der Waals surface area contributed by atoms with Gasteiger partial charge in [0, 0.05) is 21.8 Å². The van der Waals surface area contributed by atoms with Crippen LogP contribution in [0.4, 0.5) is 11.4 Å². The number of hydrogen-bond acceptors (Lipinski definition) is 5. The van der Waals surface area contributed by atoms with Crippen LogP contribution in [0.2, 0.25) is 0 Å². The topological polar surface area (TPSA) is 96.5 Å². The fraction of sp³-hybridized carbons (Fsp3) is 0.0789. The Labute approximate surface area is 272 Å². The maximum atomic E-state index is 13.6. The van der Waals surface area contributed by atoms with E-state index in [-0.39, 0.29) is 11.6 Å². The van der Waals surface area contributed by atoms with E-state index in [1.807, 2.05) is 73.7 Å². The first-order valence-corrected chi connectivity index (χ1v) is 15.5. The van der Waals surface area contributed by atoms with Gasteiger partial charge < -0.3 is 20.7 Å². The summed E-state index contributed by atoms with van der Waals surface area (Å²) in [5, 5.41) is 8.19. The van der Waals surface area contributed by atoms with Crippen molar-refractivity contribution in [1.82, 2.24) is 5.32 Å². The van der Waals surface area contributed by atoms with Gasteiger partial charge in [0.1, 0.15) is 11.4 Å². The molecule has 1 unspecified atom stereocenters. The van der Waals surface area contributed by atoms with Crippen molar-refractivity contribution in [3.8, 4) is 16.9 Å². The van der Waals surface area contributed by atoms with Gasteiger partial charge in [0.05, 0.1) is 12.4 Å². The van der Waals surface area contributed by atoms with Crippen LogP contribution in [0.5, 0.6) is 5.75 Å². The summed E-state index contributed by atoms with van der Waals surface area (Å²) in [7, 11) is 1.59. The summed E-state index contributed by atoms with van der Waals surface area (Å²) in [6, 6.07) is 40.8. The van der Waals surface area contributed by atoms with Crippen LogP contribution in [-0.2, 0) is 9.59 Å². The van der Waals surface area contributed by atoms with Crippen LogP contribution in [0.3, 0.4) is 0 Å². The highest BCUT2D eigenvalue weighted by molar-refractivity contribution is 8.00. The molecule has 0 aromatic heterocycles. The number of nitrogens with one attached hydrogen (secondary N) is 3. The monoisotopic (exact) mass is 627 g/mol. The van der Waals surface area contributed by atoms with E-state index in [1.165, 1.54) is 11.8 Å². The zero-order valence-electron chi connectivity index (χ0n) is 25.4. The highest BCUT2D eigenvalue weighted by atomic mass is 32.2. The molecule has 3 amide bonds. The number of ether oxygens (including phenoxy) is 1. The first-order chi connectivity index (χ1) is 22.4. The standard InChI is InChI=1S/C38H33N3O4S/c1-26(36(42)39-31-20-22-33(45-2)23-21-31)46-34-15-9-14-32(25-34)40-38(44)35(41-37(43)30-12-7-4-8-13-30)24-27-16-18-29(19-17-27)28-10-5-3-6-11-28/h3-26H,1-2H3,(H,39,42)(H,40,44)(H,41,43)/b35-24+. The van der Waals surface area contributed by atoms with Gasteiger partial charge in [-0.3, -0.25) is 14.4 Å². The Hall–Kier alpha value is -5.60. The number of thioether (sulfide) groups is 1. The average molecular weight is 628 g/mol. The van der Waals surface area contributed by atoms with Gasteiger partial charge in [-0.2, -0.15) is 0 Å². The normalized spacial score (nSPS) is 11.7. The molecule has 0 heterocycles.